The van der Waals surface area contributed by atoms with Gasteiger partial charge in [0.2, 0.25) is 5.91 Å². The molecule has 2 N–H and O–H groups in total. The number of ketones is 1. The Bertz CT molecular complexity index is 1080. The zero-order chi connectivity index (χ0) is 23.0. The summed E-state index contributed by atoms with van der Waals surface area (Å²) in [6.45, 7) is 0.756. The van der Waals surface area contributed by atoms with E-state index in [0.717, 1.165) is 37.1 Å². The lowest BCUT2D eigenvalue weighted by Gasteiger charge is -2.37. The minimum absolute atomic E-state index is 0.0625. The number of nitrogens with zero attached hydrogens (tertiary/aromatic N) is 1. The molecule has 1 atom stereocenters. The van der Waals surface area contributed by atoms with Crippen molar-refractivity contribution in [1.29, 1.82) is 0 Å². The number of benzene rings is 3. The highest BCUT2D eigenvalue weighted by atomic mass is 16.2. The molecule has 1 aliphatic rings. The van der Waals surface area contributed by atoms with Crippen LogP contribution in [0.2, 0.25) is 0 Å². The fraction of sp³-hybridized carbons (Fsp3) is 0.310. The molecule has 0 saturated carbocycles. The lowest BCUT2D eigenvalue weighted by atomic mass is 9.89. The van der Waals surface area contributed by atoms with Gasteiger partial charge in [0.05, 0.1) is 6.04 Å². The van der Waals surface area contributed by atoms with Gasteiger partial charge in [-0.2, -0.15) is 0 Å². The number of aryl methyl sites for hydroxylation is 1. The molecule has 3 aromatic carbocycles. The van der Waals surface area contributed by atoms with Crippen LogP contribution in [-0.2, 0) is 16.0 Å². The van der Waals surface area contributed by atoms with Gasteiger partial charge in [0.25, 0.3) is 0 Å². The van der Waals surface area contributed by atoms with Crippen molar-refractivity contribution in [1.82, 2.24) is 4.90 Å². The SMILES string of the molecule is Nc1ccc(CCC(=O)CCC(=O)N2CCCCC2c2ccccc2-c2ccccc2)cc1. The van der Waals surface area contributed by atoms with Crippen molar-refractivity contribution in [2.45, 2.75) is 51.0 Å². The topological polar surface area (TPSA) is 63.4 Å². The molecule has 4 heteroatoms. The quantitative estimate of drug-likeness (QED) is 0.439. The highest BCUT2D eigenvalue weighted by Crippen LogP contribution is 2.37. The van der Waals surface area contributed by atoms with Gasteiger partial charge in [0, 0.05) is 31.5 Å². The van der Waals surface area contributed by atoms with Gasteiger partial charge in [-0.25, -0.2) is 0 Å². The fourth-order valence-corrected chi connectivity index (χ4v) is 4.70. The van der Waals surface area contributed by atoms with E-state index in [1.165, 1.54) is 16.7 Å². The number of carbonyl (C=O) groups is 2. The average Bonchev–Trinajstić information content (AvgIpc) is 2.87. The van der Waals surface area contributed by atoms with Crippen molar-refractivity contribution >= 4 is 17.4 Å². The predicted molar refractivity (Wildman–Crippen MR) is 134 cm³/mol. The van der Waals surface area contributed by atoms with Crippen molar-refractivity contribution in [3.63, 3.8) is 0 Å². The Balaban J connectivity index is 1.40. The molecule has 0 aromatic heterocycles. The van der Waals surface area contributed by atoms with Crippen molar-refractivity contribution in [3.05, 3.63) is 90.0 Å². The summed E-state index contributed by atoms with van der Waals surface area (Å²) in [6, 6.07) is 26.4. The zero-order valence-corrected chi connectivity index (χ0v) is 19.1. The van der Waals surface area contributed by atoms with E-state index in [2.05, 4.69) is 36.4 Å². The first kappa shape index (κ1) is 22.8. The number of nitrogens with two attached hydrogens (primary N) is 1. The van der Waals surface area contributed by atoms with Gasteiger partial charge in [-0.15, -0.1) is 0 Å². The van der Waals surface area contributed by atoms with Crippen LogP contribution in [0.15, 0.2) is 78.9 Å². The second-order valence-corrected chi connectivity index (χ2v) is 8.83. The number of hydrogen-bond acceptors (Lipinski definition) is 3. The molecule has 1 unspecified atom stereocenters. The van der Waals surface area contributed by atoms with Crippen LogP contribution >= 0.6 is 0 Å². The summed E-state index contributed by atoms with van der Waals surface area (Å²) in [5.74, 6) is 0.224. The maximum atomic E-state index is 13.2. The van der Waals surface area contributed by atoms with Crippen molar-refractivity contribution < 1.29 is 9.59 Å². The second kappa shape index (κ2) is 11.0. The molecule has 1 fully saturated rings. The highest BCUT2D eigenvalue weighted by molar-refractivity contribution is 5.85. The van der Waals surface area contributed by atoms with Crippen LogP contribution in [0.3, 0.4) is 0 Å². The van der Waals surface area contributed by atoms with Crippen molar-refractivity contribution in [2.75, 3.05) is 12.3 Å². The van der Waals surface area contributed by atoms with E-state index < -0.39 is 0 Å². The summed E-state index contributed by atoms with van der Waals surface area (Å²) < 4.78 is 0. The summed E-state index contributed by atoms with van der Waals surface area (Å²) >= 11 is 0. The molecule has 0 aliphatic carbocycles. The minimum Gasteiger partial charge on any atom is -0.399 e. The largest absolute Gasteiger partial charge is 0.399 e. The number of piperidine rings is 1. The number of carbonyl (C=O) groups excluding carboxylic acids is 2. The minimum atomic E-state index is 0.0625. The van der Waals surface area contributed by atoms with Gasteiger partial charge in [-0.1, -0.05) is 66.7 Å². The zero-order valence-electron chi connectivity index (χ0n) is 19.1. The number of likely N-dealkylation sites (tertiary alicyclic amines) is 1. The van der Waals surface area contributed by atoms with E-state index in [1.54, 1.807) is 0 Å². The molecular weight excluding hydrogens is 408 g/mol. The van der Waals surface area contributed by atoms with Gasteiger partial charge in [0.15, 0.2) is 0 Å². The first-order chi connectivity index (χ1) is 16.1. The lowest BCUT2D eigenvalue weighted by molar-refractivity contribution is -0.136. The maximum absolute atomic E-state index is 13.2. The van der Waals surface area contributed by atoms with E-state index >= 15 is 0 Å². The second-order valence-electron chi connectivity index (χ2n) is 8.83. The first-order valence-corrected chi connectivity index (χ1v) is 11.9. The third-order valence-electron chi connectivity index (χ3n) is 6.52. The van der Waals surface area contributed by atoms with Gasteiger partial charge in [-0.05, 0) is 60.1 Å². The predicted octanol–water partition coefficient (Wildman–Crippen LogP) is 5.97. The number of amides is 1. The molecule has 170 valence electrons. The molecule has 4 nitrogen and oxygen atoms in total. The molecule has 4 rings (SSSR count). The van der Waals surface area contributed by atoms with E-state index in [1.807, 2.05) is 47.4 Å². The van der Waals surface area contributed by atoms with Gasteiger partial charge >= 0.3 is 0 Å². The molecule has 1 saturated heterocycles. The van der Waals surface area contributed by atoms with Gasteiger partial charge < -0.3 is 10.6 Å². The molecule has 1 aliphatic heterocycles. The molecule has 1 heterocycles. The number of Topliss-reactive ketones (excluding diaryl/α,β-unsaturated/α-hetero) is 1. The van der Waals surface area contributed by atoms with Crippen molar-refractivity contribution in [3.8, 4) is 11.1 Å². The first-order valence-electron chi connectivity index (χ1n) is 11.9. The molecule has 0 bridgehead atoms. The number of hydrogen-bond donors (Lipinski definition) is 1. The smallest absolute Gasteiger partial charge is 0.223 e. The third kappa shape index (κ3) is 5.89. The Hall–Kier alpha value is -3.40. The molecule has 0 radical (unpaired) electrons. The number of rotatable bonds is 8. The van der Waals surface area contributed by atoms with Crippen LogP contribution in [0, 0.1) is 0 Å². The van der Waals surface area contributed by atoms with Crippen LogP contribution < -0.4 is 5.73 Å². The van der Waals surface area contributed by atoms with Crippen LogP contribution in [0.5, 0.6) is 0 Å². The van der Waals surface area contributed by atoms with Gasteiger partial charge in [-0.3, -0.25) is 9.59 Å². The monoisotopic (exact) mass is 440 g/mol. The molecule has 1 amide bonds. The van der Waals surface area contributed by atoms with E-state index in [9.17, 15) is 9.59 Å². The average molecular weight is 441 g/mol. The Labute approximate surface area is 196 Å². The molecular formula is C29H32N2O2. The van der Waals surface area contributed by atoms with E-state index in [4.69, 9.17) is 5.73 Å². The molecule has 33 heavy (non-hydrogen) atoms. The van der Waals surface area contributed by atoms with Crippen LogP contribution in [0.4, 0.5) is 5.69 Å². The summed E-state index contributed by atoms with van der Waals surface area (Å²) in [5.41, 5.74) is 11.1. The van der Waals surface area contributed by atoms with Crippen molar-refractivity contribution in [2.24, 2.45) is 0 Å². The van der Waals surface area contributed by atoms with E-state index in [-0.39, 0.29) is 24.2 Å². The normalized spacial score (nSPS) is 15.9. The Morgan fingerprint density at radius 2 is 1.55 bits per heavy atom. The molecule has 3 aromatic rings. The van der Waals surface area contributed by atoms with Crippen LogP contribution in [0.25, 0.3) is 11.1 Å². The molecule has 0 spiro atoms. The third-order valence-corrected chi connectivity index (χ3v) is 6.52. The Morgan fingerprint density at radius 1 is 0.818 bits per heavy atom. The van der Waals surface area contributed by atoms with Crippen LogP contribution in [-0.4, -0.2) is 23.1 Å². The summed E-state index contributed by atoms with van der Waals surface area (Å²) in [4.78, 5) is 27.7. The fourth-order valence-electron chi connectivity index (χ4n) is 4.70. The lowest BCUT2D eigenvalue weighted by Crippen LogP contribution is -2.38. The summed E-state index contributed by atoms with van der Waals surface area (Å²) in [6.07, 6.45) is 4.81. The maximum Gasteiger partial charge on any atom is 0.223 e. The Kier molecular flexibility index (Phi) is 7.56. The highest BCUT2D eigenvalue weighted by Gasteiger charge is 2.29. The number of anilines is 1. The summed E-state index contributed by atoms with van der Waals surface area (Å²) in [5, 5.41) is 0. The Morgan fingerprint density at radius 3 is 2.33 bits per heavy atom. The van der Waals surface area contributed by atoms with Gasteiger partial charge in [0.1, 0.15) is 5.78 Å². The standard InChI is InChI=1S/C29H32N2O2/c30-24-16-13-22(14-17-24)15-18-25(32)19-20-29(33)31-21-7-6-12-28(31)27-11-5-4-10-26(27)23-8-2-1-3-9-23/h1-5,8-11,13-14,16-17,28H,6-7,12,15,18-21,30H2. The summed E-state index contributed by atoms with van der Waals surface area (Å²) in [7, 11) is 0. The number of nitrogen functional groups attached to an aromatic ring is 1. The van der Waals surface area contributed by atoms with E-state index in [0.29, 0.717) is 19.3 Å². The van der Waals surface area contributed by atoms with Crippen LogP contribution in [0.1, 0.15) is 55.7 Å².